The Labute approximate surface area is 140 Å². The number of primary amides is 1. The van der Waals surface area contributed by atoms with E-state index in [1.807, 2.05) is 6.07 Å². The molecule has 1 aromatic carbocycles. The normalized spacial score (nSPS) is 16.2. The third kappa shape index (κ3) is 3.92. The van der Waals surface area contributed by atoms with Crippen molar-refractivity contribution in [1.82, 2.24) is 15.1 Å². The van der Waals surface area contributed by atoms with Crippen molar-refractivity contribution in [2.45, 2.75) is 31.7 Å². The fourth-order valence-electron chi connectivity index (χ4n) is 3.13. The summed E-state index contributed by atoms with van der Waals surface area (Å²) in [5.74, 6) is -0.136. The van der Waals surface area contributed by atoms with Crippen LogP contribution in [0.1, 0.15) is 29.9 Å². The van der Waals surface area contributed by atoms with Crippen LogP contribution in [-0.4, -0.2) is 28.3 Å². The summed E-state index contributed by atoms with van der Waals surface area (Å²) in [5.41, 5.74) is 8.34. The minimum atomic E-state index is -0.481. The number of aryl methyl sites for hydroxylation is 1. The van der Waals surface area contributed by atoms with Gasteiger partial charge in [-0.05, 0) is 30.4 Å². The van der Waals surface area contributed by atoms with Crippen LogP contribution in [0.25, 0.3) is 0 Å². The highest BCUT2D eigenvalue weighted by Crippen LogP contribution is 2.30. The topological polar surface area (TPSA) is 102 Å². The monoisotopic (exact) mass is 327 g/mol. The summed E-state index contributed by atoms with van der Waals surface area (Å²) in [6, 6.07) is 8.13. The molecule has 0 saturated carbocycles. The average Bonchev–Trinajstić information content (AvgIpc) is 2.99. The van der Waals surface area contributed by atoms with Crippen molar-refractivity contribution < 1.29 is 9.59 Å². The summed E-state index contributed by atoms with van der Waals surface area (Å²) in [7, 11) is 0. The lowest BCUT2D eigenvalue weighted by atomic mass is 9.83. The van der Waals surface area contributed by atoms with E-state index in [-0.39, 0.29) is 12.6 Å². The van der Waals surface area contributed by atoms with Crippen LogP contribution in [0.2, 0.25) is 0 Å². The van der Waals surface area contributed by atoms with Crippen LogP contribution in [0, 0.1) is 0 Å². The molecular formula is C17H21N5O2. The van der Waals surface area contributed by atoms with Crippen molar-refractivity contribution in [3.8, 4) is 0 Å². The number of nitrogens with one attached hydrogen (secondary N) is 2. The molecule has 2 aromatic rings. The second kappa shape index (κ2) is 7.16. The number of nitrogens with zero attached hydrogens (tertiary/aromatic N) is 2. The number of hydrogen-bond acceptors (Lipinski definition) is 3. The van der Waals surface area contributed by atoms with Gasteiger partial charge in [-0.25, -0.2) is 4.79 Å². The number of carbonyl (C=O) groups is 2. The highest BCUT2D eigenvalue weighted by Gasteiger charge is 2.20. The van der Waals surface area contributed by atoms with E-state index in [2.05, 4.69) is 33.9 Å². The molecule has 3 amide bonds. The second-order valence-corrected chi connectivity index (χ2v) is 6.02. The quantitative estimate of drug-likeness (QED) is 0.777. The first-order valence-corrected chi connectivity index (χ1v) is 8.05. The Kier molecular flexibility index (Phi) is 4.79. The van der Waals surface area contributed by atoms with Gasteiger partial charge < -0.3 is 16.4 Å². The standard InChI is InChI=1S/C17H21N5O2/c18-16(23)11-22-10-14(9-20-22)21-17(24)19-8-13-6-3-5-12-4-1-2-7-15(12)13/h1-2,4,7,9-10,13H,3,5-6,8,11H2,(H2,18,23)(H2,19,21,24)/t13-/m1/s1. The van der Waals surface area contributed by atoms with Crippen LogP contribution in [0.3, 0.4) is 0 Å². The molecule has 1 aliphatic rings. The summed E-state index contributed by atoms with van der Waals surface area (Å²) in [6.45, 7) is 0.584. The molecule has 126 valence electrons. The smallest absolute Gasteiger partial charge is 0.319 e. The minimum Gasteiger partial charge on any atom is -0.368 e. The molecule has 4 N–H and O–H groups in total. The number of benzene rings is 1. The number of hydrogen-bond donors (Lipinski definition) is 3. The SMILES string of the molecule is NC(=O)Cn1cc(NC(=O)NC[C@H]2CCCc3ccccc32)cn1. The van der Waals surface area contributed by atoms with Crippen LogP contribution in [0.5, 0.6) is 0 Å². The molecule has 0 radical (unpaired) electrons. The first-order valence-electron chi connectivity index (χ1n) is 8.05. The van der Waals surface area contributed by atoms with Gasteiger partial charge in [0.05, 0.1) is 11.9 Å². The fourth-order valence-corrected chi connectivity index (χ4v) is 3.13. The van der Waals surface area contributed by atoms with Gasteiger partial charge in [0.25, 0.3) is 0 Å². The molecule has 0 saturated heterocycles. The van der Waals surface area contributed by atoms with Gasteiger partial charge in [0, 0.05) is 18.7 Å². The molecule has 0 spiro atoms. The van der Waals surface area contributed by atoms with Gasteiger partial charge in [-0.15, -0.1) is 0 Å². The van der Waals surface area contributed by atoms with Crippen LogP contribution < -0.4 is 16.4 Å². The van der Waals surface area contributed by atoms with Gasteiger partial charge in [-0.1, -0.05) is 24.3 Å². The molecule has 1 heterocycles. The van der Waals surface area contributed by atoms with E-state index in [1.54, 1.807) is 6.20 Å². The van der Waals surface area contributed by atoms with E-state index in [9.17, 15) is 9.59 Å². The van der Waals surface area contributed by atoms with Gasteiger partial charge in [0.1, 0.15) is 6.54 Å². The van der Waals surface area contributed by atoms with E-state index < -0.39 is 5.91 Å². The molecule has 0 bridgehead atoms. The second-order valence-electron chi connectivity index (χ2n) is 6.02. The average molecular weight is 327 g/mol. The maximum absolute atomic E-state index is 12.0. The Morgan fingerprint density at radius 1 is 1.33 bits per heavy atom. The molecule has 1 atom stereocenters. The van der Waals surface area contributed by atoms with Gasteiger partial charge in [0.15, 0.2) is 0 Å². The number of nitrogens with two attached hydrogens (primary N) is 1. The first-order chi connectivity index (χ1) is 11.6. The van der Waals surface area contributed by atoms with E-state index in [0.717, 1.165) is 19.3 Å². The van der Waals surface area contributed by atoms with Gasteiger partial charge in [-0.3, -0.25) is 9.48 Å². The van der Waals surface area contributed by atoms with Crippen molar-refractivity contribution in [1.29, 1.82) is 0 Å². The highest BCUT2D eigenvalue weighted by atomic mass is 16.2. The summed E-state index contributed by atoms with van der Waals surface area (Å²) >= 11 is 0. The molecule has 24 heavy (non-hydrogen) atoms. The summed E-state index contributed by atoms with van der Waals surface area (Å²) < 4.78 is 1.38. The molecule has 1 aliphatic carbocycles. The molecule has 7 heteroatoms. The molecule has 7 nitrogen and oxygen atoms in total. The lowest BCUT2D eigenvalue weighted by molar-refractivity contribution is -0.118. The highest BCUT2D eigenvalue weighted by molar-refractivity contribution is 5.89. The van der Waals surface area contributed by atoms with Crippen LogP contribution >= 0.6 is 0 Å². The Bertz CT molecular complexity index is 740. The minimum absolute atomic E-state index is 0.0117. The lowest BCUT2D eigenvalue weighted by Gasteiger charge is -2.25. The molecule has 0 aliphatic heterocycles. The van der Waals surface area contributed by atoms with Crippen molar-refractivity contribution >= 4 is 17.6 Å². The third-order valence-corrected chi connectivity index (χ3v) is 4.21. The zero-order valence-corrected chi connectivity index (χ0v) is 13.4. The zero-order chi connectivity index (χ0) is 16.9. The Balaban J connectivity index is 1.53. The number of urea groups is 1. The van der Waals surface area contributed by atoms with Crippen LogP contribution in [-0.2, 0) is 17.8 Å². The predicted octanol–water partition coefficient (Wildman–Crippen LogP) is 1.61. The maximum atomic E-state index is 12.0. The number of anilines is 1. The van der Waals surface area contributed by atoms with Gasteiger partial charge in [-0.2, -0.15) is 5.10 Å². The summed E-state index contributed by atoms with van der Waals surface area (Å²) in [6.07, 6.45) is 6.38. The fraction of sp³-hybridized carbons (Fsp3) is 0.353. The van der Waals surface area contributed by atoms with Crippen LogP contribution in [0.4, 0.5) is 10.5 Å². The zero-order valence-electron chi connectivity index (χ0n) is 13.4. The Morgan fingerprint density at radius 2 is 2.17 bits per heavy atom. The van der Waals surface area contributed by atoms with Gasteiger partial charge >= 0.3 is 6.03 Å². The molecule has 0 unspecified atom stereocenters. The van der Waals surface area contributed by atoms with Crippen molar-refractivity contribution in [2.75, 3.05) is 11.9 Å². The molecule has 3 rings (SSSR count). The number of aromatic nitrogens is 2. The Hall–Kier alpha value is -2.83. The molecule has 0 fully saturated rings. The predicted molar refractivity (Wildman–Crippen MR) is 90.6 cm³/mol. The van der Waals surface area contributed by atoms with Crippen molar-refractivity contribution in [3.63, 3.8) is 0 Å². The number of amides is 3. The summed E-state index contributed by atoms with van der Waals surface area (Å²) in [5, 5.41) is 9.59. The Morgan fingerprint density at radius 3 is 3.00 bits per heavy atom. The molecular weight excluding hydrogens is 306 g/mol. The van der Waals surface area contributed by atoms with E-state index in [0.29, 0.717) is 18.2 Å². The summed E-state index contributed by atoms with van der Waals surface area (Å²) in [4.78, 5) is 22.9. The largest absolute Gasteiger partial charge is 0.368 e. The van der Waals surface area contributed by atoms with Crippen LogP contribution in [0.15, 0.2) is 36.7 Å². The van der Waals surface area contributed by atoms with Crippen molar-refractivity contribution in [3.05, 3.63) is 47.8 Å². The maximum Gasteiger partial charge on any atom is 0.319 e. The lowest BCUT2D eigenvalue weighted by Crippen LogP contribution is -2.33. The van der Waals surface area contributed by atoms with E-state index in [4.69, 9.17) is 5.73 Å². The first kappa shape index (κ1) is 16.0. The van der Waals surface area contributed by atoms with E-state index >= 15 is 0 Å². The van der Waals surface area contributed by atoms with E-state index in [1.165, 1.54) is 22.0 Å². The number of carbonyl (C=O) groups excluding carboxylic acids is 2. The van der Waals surface area contributed by atoms with Gasteiger partial charge in [0.2, 0.25) is 5.91 Å². The third-order valence-electron chi connectivity index (χ3n) is 4.21. The number of fused-ring (bicyclic) bond motifs is 1. The van der Waals surface area contributed by atoms with Crippen molar-refractivity contribution in [2.24, 2.45) is 5.73 Å². The number of rotatable bonds is 5. The molecule has 1 aromatic heterocycles.